The molecule has 0 amide bonds. The Labute approximate surface area is 105 Å². The van der Waals surface area contributed by atoms with Crippen LogP contribution in [0.1, 0.15) is 18.4 Å². The number of hydrogen-bond acceptors (Lipinski definition) is 2. The van der Waals surface area contributed by atoms with E-state index >= 15 is 0 Å². The topological polar surface area (TPSA) is 34.1 Å². The molecule has 17 heavy (non-hydrogen) atoms. The van der Waals surface area contributed by atoms with Crippen LogP contribution in [0.3, 0.4) is 0 Å². The Kier molecular flexibility index (Phi) is 2.82. The summed E-state index contributed by atoms with van der Waals surface area (Å²) >= 11 is 3.12. The minimum atomic E-state index is -5.20. The van der Waals surface area contributed by atoms with E-state index in [-0.39, 0.29) is 18.4 Å². The van der Waals surface area contributed by atoms with Gasteiger partial charge in [-0.3, -0.25) is 0 Å². The van der Waals surface area contributed by atoms with Gasteiger partial charge in [-0.2, -0.15) is 13.2 Å². The lowest BCUT2D eigenvalue weighted by Gasteiger charge is -2.18. The predicted molar refractivity (Wildman–Crippen MR) is 60.0 cm³/mol. The van der Waals surface area contributed by atoms with Crippen LogP contribution >= 0.6 is 15.9 Å². The van der Waals surface area contributed by atoms with E-state index in [0.717, 1.165) is 0 Å². The first kappa shape index (κ1) is 12.9. The maximum Gasteiger partial charge on any atom is 0.498 e. The lowest BCUT2D eigenvalue weighted by molar-refractivity contribution is -0.0448. The summed E-state index contributed by atoms with van der Waals surface area (Å²) in [6, 6.07) is 6.02. The van der Waals surface area contributed by atoms with Gasteiger partial charge in [0.05, 0.1) is 0 Å². The highest BCUT2D eigenvalue weighted by Crippen LogP contribution is 2.57. The average Bonchev–Trinajstić information content (AvgIpc) is 2.96. The molecule has 0 heterocycles. The van der Waals surface area contributed by atoms with Crippen molar-refractivity contribution in [3.8, 4) is 0 Å². The summed E-state index contributed by atoms with van der Waals surface area (Å²) < 4.78 is 59.5. The second kappa shape index (κ2) is 3.71. The molecule has 1 aromatic carbocycles. The van der Waals surface area contributed by atoms with Gasteiger partial charge in [0, 0.05) is 4.47 Å². The summed E-state index contributed by atoms with van der Waals surface area (Å²) in [6.07, 6.45) is 0.0383. The van der Waals surface area contributed by atoms with Gasteiger partial charge in [0.2, 0.25) is 0 Å². The van der Waals surface area contributed by atoms with Crippen LogP contribution in [0.4, 0.5) is 13.2 Å². The maximum atomic E-state index is 12.6. The van der Waals surface area contributed by atoms with E-state index in [0.29, 0.717) is 4.47 Å². The molecule has 7 heteroatoms. The first-order chi connectivity index (χ1) is 7.71. The number of benzene rings is 1. The molecule has 0 saturated heterocycles. The van der Waals surface area contributed by atoms with E-state index in [2.05, 4.69) is 15.9 Å². The van der Waals surface area contributed by atoms with Crippen molar-refractivity contribution >= 4 is 25.8 Å². The molecule has 0 bridgehead atoms. The second-order valence-electron chi connectivity index (χ2n) is 3.95. The van der Waals surface area contributed by atoms with Crippen molar-refractivity contribution in [1.82, 2.24) is 0 Å². The Hall–Kier alpha value is -0.560. The molecule has 0 aliphatic heterocycles. The van der Waals surface area contributed by atoms with Crippen LogP contribution in [0, 0.1) is 0 Å². The molecule has 1 fully saturated rings. The Morgan fingerprint density at radius 3 is 2.24 bits per heavy atom. The molecule has 0 aromatic heterocycles. The summed E-state index contributed by atoms with van der Waals surface area (Å²) in [4.78, 5) is 0. The monoisotopic (exact) mass is 328 g/mol. The minimum Gasteiger partial charge on any atom is -0.219 e. The quantitative estimate of drug-likeness (QED) is 0.834. The van der Waals surface area contributed by atoms with Crippen LogP contribution in [0.5, 0.6) is 0 Å². The molecule has 0 atom stereocenters. The van der Waals surface area contributed by atoms with Crippen molar-refractivity contribution in [2.75, 3.05) is 0 Å². The van der Waals surface area contributed by atoms with Gasteiger partial charge in [-0.25, -0.2) is 8.42 Å². The number of alkyl halides is 3. The molecule has 0 spiro atoms. The molecule has 1 aliphatic rings. The molecule has 1 aliphatic carbocycles. The van der Waals surface area contributed by atoms with E-state index in [9.17, 15) is 21.6 Å². The Morgan fingerprint density at radius 2 is 1.82 bits per heavy atom. The van der Waals surface area contributed by atoms with E-state index in [1.54, 1.807) is 6.07 Å². The molecule has 1 saturated carbocycles. The summed E-state index contributed by atoms with van der Waals surface area (Å²) in [6.45, 7) is 0. The third-order valence-electron chi connectivity index (χ3n) is 2.87. The third-order valence-corrected chi connectivity index (χ3v) is 5.65. The SMILES string of the molecule is O=S(=O)(C(F)(F)F)C1(c2cccc(Br)c2)CC1. The molecular weight excluding hydrogens is 321 g/mol. The van der Waals surface area contributed by atoms with Gasteiger partial charge in [0.25, 0.3) is 9.84 Å². The molecule has 1 aromatic rings. The number of sulfone groups is 1. The van der Waals surface area contributed by atoms with Gasteiger partial charge in [0.15, 0.2) is 0 Å². The fourth-order valence-electron chi connectivity index (χ4n) is 1.82. The molecule has 94 valence electrons. The molecule has 0 N–H and O–H groups in total. The highest BCUT2D eigenvalue weighted by atomic mass is 79.9. The number of halogens is 4. The minimum absolute atomic E-state index is 0.0191. The smallest absolute Gasteiger partial charge is 0.219 e. The van der Waals surface area contributed by atoms with Crippen LogP contribution in [-0.4, -0.2) is 13.9 Å². The normalized spacial score (nSPS) is 19.1. The highest BCUT2D eigenvalue weighted by molar-refractivity contribution is 9.10. The van der Waals surface area contributed by atoms with Gasteiger partial charge in [-0.05, 0) is 30.5 Å². The van der Waals surface area contributed by atoms with Gasteiger partial charge in [-0.1, -0.05) is 28.1 Å². The third kappa shape index (κ3) is 1.89. The van der Waals surface area contributed by atoms with Crippen LogP contribution in [-0.2, 0) is 14.6 Å². The first-order valence-corrected chi connectivity index (χ1v) is 7.05. The van der Waals surface area contributed by atoms with Crippen molar-refractivity contribution in [3.05, 3.63) is 34.3 Å². The summed E-state index contributed by atoms with van der Waals surface area (Å²) in [5.74, 6) is 0. The highest BCUT2D eigenvalue weighted by Gasteiger charge is 2.66. The van der Waals surface area contributed by atoms with E-state index in [1.807, 2.05) is 0 Å². The molecule has 0 radical (unpaired) electrons. The van der Waals surface area contributed by atoms with Crippen molar-refractivity contribution in [1.29, 1.82) is 0 Å². The van der Waals surface area contributed by atoms with Gasteiger partial charge in [0.1, 0.15) is 4.75 Å². The molecular formula is C10H8BrF3O2S. The fourth-order valence-corrected chi connectivity index (χ4v) is 3.74. The number of rotatable bonds is 2. The lowest BCUT2D eigenvalue weighted by Crippen LogP contribution is -2.34. The molecule has 0 unspecified atom stereocenters. The number of hydrogen-bond donors (Lipinski definition) is 0. The lowest BCUT2D eigenvalue weighted by atomic mass is 10.1. The van der Waals surface area contributed by atoms with Crippen molar-refractivity contribution in [2.45, 2.75) is 23.1 Å². The van der Waals surface area contributed by atoms with Crippen molar-refractivity contribution in [2.24, 2.45) is 0 Å². The van der Waals surface area contributed by atoms with E-state index in [1.165, 1.54) is 18.2 Å². The van der Waals surface area contributed by atoms with Crippen molar-refractivity contribution in [3.63, 3.8) is 0 Å². The zero-order valence-electron chi connectivity index (χ0n) is 8.46. The largest absolute Gasteiger partial charge is 0.498 e. The van der Waals surface area contributed by atoms with Crippen LogP contribution in [0.15, 0.2) is 28.7 Å². The summed E-state index contributed by atoms with van der Waals surface area (Å²) in [7, 11) is -5.16. The first-order valence-electron chi connectivity index (χ1n) is 4.78. The maximum absolute atomic E-state index is 12.6. The van der Waals surface area contributed by atoms with E-state index < -0.39 is 20.1 Å². The Morgan fingerprint density at radius 1 is 1.24 bits per heavy atom. The zero-order valence-corrected chi connectivity index (χ0v) is 10.9. The van der Waals surface area contributed by atoms with Crippen LogP contribution in [0.25, 0.3) is 0 Å². The van der Waals surface area contributed by atoms with Crippen molar-refractivity contribution < 1.29 is 21.6 Å². The molecule has 2 rings (SSSR count). The predicted octanol–water partition coefficient (Wildman–Crippen LogP) is 3.37. The van der Waals surface area contributed by atoms with E-state index in [4.69, 9.17) is 0 Å². The second-order valence-corrected chi connectivity index (χ2v) is 7.12. The average molecular weight is 329 g/mol. The molecule has 2 nitrogen and oxygen atoms in total. The zero-order chi connectivity index (χ0) is 12.9. The Balaban J connectivity index is 2.53. The van der Waals surface area contributed by atoms with Crippen LogP contribution < -0.4 is 0 Å². The van der Waals surface area contributed by atoms with Gasteiger partial charge >= 0.3 is 5.51 Å². The summed E-state index contributed by atoms with van der Waals surface area (Å²) in [5, 5.41) is 0. The van der Waals surface area contributed by atoms with Crippen LogP contribution in [0.2, 0.25) is 0 Å². The summed E-state index contributed by atoms with van der Waals surface area (Å²) in [5.41, 5.74) is -5.00. The van der Waals surface area contributed by atoms with Gasteiger partial charge in [-0.15, -0.1) is 0 Å². The Bertz CT molecular complexity index is 547. The standard InChI is InChI=1S/C10H8BrF3O2S/c11-8-3-1-2-7(6-8)9(4-5-9)17(15,16)10(12,13)14/h1-3,6H,4-5H2. The van der Waals surface area contributed by atoms with Gasteiger partial charge < -0.3 is 0 Å². The fraction of sp³-hybridized carbons (Fsp3) is 0.400.